The third-order valence-electron chi connectivity index (χ3n) is 1.25. The molecule has 0 saturated heterocycles. The predicted octanol–water partition coefficient (Wildman–Crippen LogP) is 0.950. The molecule has 0 aromatic carbocycles. The monoisotopic (exact) mass is 159 g/mol. The molecule has 0 atom stereocenters. The van der Waals surface area contributed by atoms with Gasteiger partial charge in [0.1, 0.15) is 6.20 Å². The molecule has 0 unspecified atom stereocenters. The molecule has 60 valence electrons. The van der Waals surface area contributed by atoms with Crippen molar-refractivity contribution in [3.63, 3.8) is 0 Å². The minimum absolute atomic E-state index is 0.291. The van der Waals surface area contributed by atoms with E-state index in [4.69, 9.17) is 0 Å². The van der Waals surface area contributed by atoms with Gasteiger partial charge < -0.3 is 0 Å². The van der Waals surface area contributed by atoms with E-state index in [1.54, 1.807) is 6.92 Å². The molecule has 1 heterocycles. The molecule has 1 aromatic rings. The molecule has 0 bridgehead atoms. The van der Waals surface area contributed by atoms with Crippen molar-refractivity contribution in [2.45, 2.75) is 13.5 Å². The highest BCUT2D eigenvalue weighted by Gasteiger charge is 2.18. The van der Waals surface area contributed by atoms with E-state index in [1.807, 2.05) is 0 Å². The fourth-order valence-corrected chi connectivity index (χ4v) is 0.703. The Hall–Kier alpha value is -1.46. The molecule has 0 saturated carbocycles. The lowest BCUT2D eigenvalue weighted by atomic mass is 10.6. The fraction of sp³-hybridized carbons (Fsp3) is 0.400. The molecule has 0 spiro atoms. The second kappa shape index (κ2) is 2.65. The summed E-state index contributed by atoms with van der Waals surface area (Å²) in [5.41, 5.74) is -0.577. The second-order valence-corrected chi connectivity index (χ2v) is 1.89. The number of nitro groups is 1. The lowest BCUT2D eigenvalue weighted by Crippen LogP contribution is -2.00. The third kappa shape index (κ3) is 1.19. The quantitative estimate of drug-likeness (QED) is 0.476. The maximum atomic E-state index is 12.7. The first-order valence-electron chi connectivity index (χ1n) is 3.02. The Labute approximate surface area is 61.6 Å². The molecule has 0 aliphatic rings. The molecule has 0 aliphatic heterocycles. The topological polar surface area (TPSA) is 61.0 Å². The van der Waals surface area contributed by atoms with Crippen molar-refractivity contribution in [3.05, 3.63) is 22.3 Å². The van der Waals surface area contributed by atoms with Gasteiger partial charge in [-0.2, -0.15) is 9.49 Å². The SMILES string of the molecule is CCn1ncc([N+](=O)[O-])c1F. The largest absolute Gasteiger partial charge is 0.343 e. The van der Waals surface area contributed by atoms with Crippen molar-refractivity contribution in [2.24, 2.45) is 0 Å². The number of halogens is 1. The first-order valence-corrected chi connectivity index (χ1v) is 3.02. The smallest absolute Gasteiger partial charge is 0.258 e. The number of aromatic nitrogens is 2. The summed E-state index contributed by atoms with van der Waals surface area (Å²) < 4.78 is 13.7. The molecule has 0 aliphatic carbocycles. The Bertz CT molecular complexity index is 283. The van der Waals surface area contributed by atoms with Crippen LogP contribution in [0, 0.1) is 16.1 Å². The molecule has 0 N–H and O–H groups in total. The van der Waals surface area contributed by atoms with E-state index >= 15 is 0 Å². The summed E-state index contributed by atoms with van der Waals surface area (Å²) >= 11 is 0. The Morgan fingerprint density at radius 1 is 1.91 bits per heavy atom. The van der Waals surface area contributed by atoms with E-state index in [1.165, 1.54) is 0 Å². The van der Waals surface area contributed by atoms with Crippen molar-refractivity contribution in [1.29, 1.82) is 0 Å². The van der Waals surface area contributed by atoms with Gasteiger partial charge >= 0.3 is 5.69 Å². The van der Waals surface area contributed by atoms with Crippen LogP contribution in [-0.4, -0.2) is 14.7 Å². The summed E-state index contributed by atoms with van der Waals surface area (Å²) in [5.74, 6) is -0.891. The van der Waals surface area contributed by atoms with Gasteiger partial charge in [-0.3, -0.25) is 10.1 Å². The molecule has 11 heavy (non-hydrogen) atoms. The molecule has 0 fully saturated rings. The van der Waals surface area contributed by atoms with Crippen molar-refractivity contribution >= 4 is 5.69 Å². The van der Waals surface area contributed by atoms with Crippen LogP contribution in [0.1, 0.15) is 6.92 Å². The van der Waals surface area contributed by atoms with E-state index in [0.717, 1.165) is 10.9 Å². The van der Waals surface area contributed by atoms with Gasteiger partial charge in [0.05, 0.1) is 4.92 Å². The van der Waals surface area contributed by atoms with Gasteiger partial charge in [-0.25, -0.2) is 4.68 Å². The third-order valence-corrected chi connectivity index (χ3v) is 1.25. The van der Waals surface area contributed by atoms with Crippen LogP contribution < -0.4 is 0 Å². The Morgan fingerprint density at radius 2 is 2.55 bits per heavy atom. The zero-order valence-electron chi connectivity index (χ0n) is 5.82. The Balaban J connectivity index is 3.10. The van der Waals surface area contributed by atoms with Gasteiger partial charge in [0, 0.05) is 6.54 Å². The summed E-state index contributed by atoms with van der Waals surface area (Å²) in [7, 11) is 0. The first-order chi connectivity index (χ1) is 5.16. The summed E-state index contributed by atoms with van der Waals surface area (Å²) in [6.07, 6.45) is 0.902. The lowest BCUT2D eigenvalue weighted by Gasteiger charge is -1.91. The molecule has 0 amide bonds. The maximum absolute atomic E-state index is 12.7. The van der Waals surface area contributed by atoms with Crippen LogP contribution in [-0.2, 0) is 6.54 Å². The van der Waals surface area contributed by atoms with E-state index in [-0.39, 0.29) is 0 Å². The zero-order valence-corrected chi connectivity index (χ0v) is 5.82. The molecule has 5 nitrogen and oxygen atoms in total. The summed E-state index contributed by atoms with van der Waals surface area (Å²) in [6, 6.07) is 0. The highest BCUT2D eigenvalue weighted by atomic mass is 19.1. The van der Waals surface area contributed by atoms with Gasteiger partial charge in [0.25, 0.3) is 5.95 Å². The van der Waals surface area contributed by atoms with Crippen molar-refractivity contribution in [1.82, 2.24) is 9.78 Å². The maximum Gasteiger partial charge on any atom is 0.343 e. The minimum Gasteiger partial charge on any atom is -0.258 e. The van der Waals surface area contributed by atoms with Gasteiger partial charge in [0.15, 0.2) is 0 Å². The number of rotatable bonds is 2. The minimum atomic E-state index is -0.891. The average molecular weight is 159 g/mol. The van der Waals surface area contributed by atoms with Crippen LogP contribution in [0.25, 0.3) is 0 Å². The number of hydrogen-bond acceptors (Lipinski definition) is 3. The highest BCUT2D eigenvalue weighted by molar-refractivity contribution is 5.23. The van der Waals surface area contributed by atoms with E-state index < -0.39 is 16.6 Å². The first kappa shape index (κ1) is 7.64. The summed E-state index contributed by atoms with van der Waals surface area (Å²) in [5, 5.41) is 13.5. The van der Waals surface area contributed by atoms with Crippen LogP contribution >= 0.6 is 0 Å². The molecular weight excluding hydrogens is 153 g/mol. The lowest BCUT2D eigenvalue weighted by molar-refractivity contribution is -0.387. The van der Waals surface area contributed by atoms with Gasteiger partial charge in [-0.05, 0) is 6.92 Å². The Kier molecular flexibility index (Phi) is 1.84. The Morgan fingerprint density at radius 3 is 2.82 bits per heavy atom. The van der Waals surface area contributed by atoms with Gasteiger partial charge in [-0.1, -0.05) is 0 Å². The van der Waals surface area contributed by atoms with Crippen LogP contribution in [0.2, 0.25) is 0 Å². The number of aryl methyl sites for hydroxylation is 1. The van der Waals surface area contributed by atoms with Gasteiger partial charge in [-0.15, -0.1) is 0 Å². The van der Waals surface area contributed by atoms with E-state index in [9.17, 15) is 14.5 Å². The van der Waals surface area contributed by atoms with Crippen molar-refractivity contribution < 1.29 is 9.31 Å². The van der Waals surface area contributed by atoms with Crippen LogP contribution in [0.5, 0.6) is 0 Å². The zero-order chi connectivity index (χ0) is 8.43. The molecule has 1 rings (SSSR count). The normalized spacial score (nSPS) is 10.0. The van der Waals surface area contributed by atoms with Crippen LogP contribution in [0.15, 0.2) is 6.20 Å². The molecule has 6 heteroatoms. The van der Waals surface area contributed by atoms with Crippen molar-refractivity contribution in [2.75, 3.05) is 0 Å². The molecule has 0 radical (unpaired) electrons. The second-order valence-electron chi connectivity index (χ2n) is 1.89. The van der Waals surface area contributed by atoms with E-state index in [2.05, 4.69) is 5.10 Å². The summed E-state index contributed by atoms with van der Waals surface area (Å²) in [4.78, 5) is 9.27. The summed E-state index contributed by atoms with van der Waals surface area (Å²) in [6.45, 7) is 1.94. The van der Waals surface area contributed by atoms with E-state index in [0.29, 0.717) is 6.54 Å². The standard InChI is InChI=1S/C5H6FN3O2/c1-2-8-5(6)4(3-7-8)9(10)11/h3H,2H2,1H3. The molecular formula is C5H6FN3O2. The highest BCUT2D eigenvalue weighted by Crippen LogP contribution is 2.14. The van der Waals surface area contributed by atoms with Crippen LogP contribution in [0.3, 0.4) is 0 Å². The fourth-order valence-electron chi connectivity index (χ4n) is 0.703. The number of nitrogens with zero attached hydrogens (tertiary/aromatic N) is 3. The van der Waals surface area contributed by atoms with Crippen LogP contribution in [0.4, 0.5) is 10.1 Å². The predicted molar refractivity (Wildman–Crippen MR) is 34.5 cm³/mol. The average Bonchev–Trinajstić information content (AvgIpc) is 2.30. The van der Waals surface area contributed by atoms with Crippen molar-refractivity contribution in [3.8, 4) is 0 Å². The number of hydrogen-bond donors (Lipinski definition) is 0. The molecule has 1 aromatic heterocycles. The van der Waals surface area contributed by atoms with Gasteiger partial charge in [0.2, 0.25) is 0 Å².